The van der Waals surface area contributed by atoms with Crippen molar-refractivity contribution in [1.82, 2.24) is 19.7 Å². The molecule has 0 unspecified atom stereocenters. The summed E-state index contributed by atoms with van der Waals surface area (Å²) in [5.41, 5.74) is 6.31. The Bertz CT molecular complexity index is 592. The van der Waals surface area contributed by atoms with Crippen LogP contribution in [0.4, 0.5) is 24.8 Å². The van der Waals surface area contributed by atoms with Gasteiger partial charge in [0.2, 0.25) is 5.82 Å². The number of rotatable bonds is 4. The third-order valence-corrected chi connectivity index (χ3v) is 2.48. The van der Waals surface area contributed by atoms with E-state index >= 15 is 0 Å². The Morgan fingerprint density at radius 3 is 2.70 bits per heavy atom. The highest BCUT2D eigenvalue weighted by atomic mass is 19.4. The monoisotopic (exact) mass is 286 g/mol. The number of halogens is 3. The molecular formula is C11H13F3N6. The van der Waals surface area contributed by atoms with E-state index in [0.29, 0.717) is 13.0 Å². The normalized spacial score (nSPS) is 11.6. The molecule has 0 aromatic carbocycles. The van der Waals surface area contributed by atoms with Crippen LogP contribution in [0, 0.1) is 0 Å². The van der Waals surface area contributed by atoms with Crippen LogP contribution in [0.3, 0.4) is 0 Å². The van der Waals surface area contributed by atoms with E-state index in [1.165, 1.54) is 6.07 Å². The lowest BCUT2D eigenvalue weighted by Crippen LogP contribution is -2.15. The second-order valence-electron chi connectivity index (χ2n) is 4.20. The average molecular weight is 286 g/mol. The Labute approximate surface area is 112 Å². The minimum Gasteiger partial charge on any atom is -0.384 e. The summed E-state index contributed by atoms with van der Waals surface area (Å²) < 4.78 is 39.2. The smallest absolute Gasteiger partial charge is 0.384 e. The van der Waals surface area contributed by atoms with Crippen LogP contribution in [0.25, 0.3) is 0 Å². The molecule has 0 aliphatic rings. The van der Waals surface area contributed by atoms with Crippen LogP contribution in [0.5, 0.6) is 0 Å². The van der Waals surface area contributed by atoms with Gasteiger partial charge in [0.25, 0.3) is 0 Å². The maximum atomic E-state index is 12.5. The number of hydrogen-bond acceptors (Lipinski definition) is 5. The summed E-state index contributed by atoms with van der Waals surface area (Å²) in [6.07, 6.45) is -0.484. The van der Waals surface area contributed by atoms with Gasteiger partial charge in [-0.05, 0) is 12.0 Å². The Morgan fingerprint density at radius 2 is 2.10 bits per heavy atom. The molecule has 0 radical (unpaired) electrons. The molecule has 0 saturated heterocycles. The fourth-order valence-electron chi connectivity index (χ4n) is 1.62. The largest absolute Gasteiger partial charge is 0.451 e. The van der Waals surface area contributed by atoms with Gasteiger partial charge in [-0.25, -0.2) is 9.97 Å². The number of aryl methyl sites for hydroxylation is 1. The van der Waals surface area contributed by atoms with E-state index in [0.717, 1.165) is 5.56 Å². The van der Waals surface area contributed by atoms with Crippen molar-refractivity contribution in [2.75, 3.05) is 17.6 Å². The molecule has 2 heterocycles. The molecule has 0 saturated carbocycles. The highest BCUT2D eigenvalue weighted by molar-refractivity contribution is 5.45. The number of alkyl halides is 3. The van der Waals surface area contributed by atoms with Gasteiger partial charge in [-0.2, -0.15) is 18.3 Å². The van der Waals surface area contributed by atoms with Gasteiger partial charge in [-0.15, -0.1) is 0 Å². The molecule has 0 aliphatic heterocycles. The first-order valence-electron chi connectivity index (χ1n) is 5.78. The molecule has 108 valence electrons. The highest BCUT2D eigenvalue weighted by Gasteiger charge is 2.35. The SMILES string of the molecule is Cn1cc(CCNc2cc(N)nc(C(F)(F)F)n2)cn1. The molecule has 0 bridgehead atoms. The summed E-state index contributed by atoms with van der Waals surface area (Å²) in [5.74, 6) is -1.42. The van der Waals surface area contributed by atoms with Crippen LogP contribution in [0.2, 0.25) is 0 Å². The number of aromatic nitrogens is 4. The lowest BCUT2D eigenvalue weighted by Gasteiger charge is -2.09. The van der Waals surface area contributed by atoms with Crippen LogP contribution in [0.15, 0.2) is 18.5 Å². The fourth-order valence-corrected chi connectivity index (χ4v) is 1.62. The second-order valence-corrected chi connectivity index (χ2v) is 4.20. The maximum absolute atomic E-state index is 12.5. The third kappa shape index (κ3) is 3.59. The van der Waals surface area contributed by atoms with Gasteiger partial charge >= 0.3 is 6.18 Å². The fraction of sp³-hybridized carbons (Fsp3) is 0.364. The number of nitrogens with zero attached hydrogens (tertiary/aromatic N) is 4. The van der Waals surface area contributed by atoms with Crippen molar-refractivity contribution in [3.8, 4) is 0 Å². The number of nitrogens with two attached hydrogens (primary N) is 1. The first-order valence-corrected chi connectivity index (χ1v) is 5.78. The summed E-state index contributed by atoms with van der Waals surface area (Å²) in [4.78, 5) is 6.56. The molecule has 0 atom stereocenters. The van der Waals surface area contributed by atoms with Crippen LogP contribution in [0.1, 0.15) is 11.4 Å². The Hall–Kier alpha value is -2.32. The minimum absolute atomic E-state index is 0.0497. The number of anilines is 2. The van der Waals surface area contributed by atoms with Gasteiger partial charge in [0, 0.05) is 25.9 Å². The summed E-state index contributed by atoms with van der Waals surface area (Å²) in [6, 6.07) is 1.26. The summed E-state index contributed by atoms with van der Waals surface area (Å²) >= 11 is 0. The van der Waals surface area contributed by atoms with Crippen molar-refractivity contribution >= 4 is 11.6 Å². The van der Waals surface area contributed by atoms with Crippen molar-refractivity contribution < 1.29 is 13.2 Å². The zero-order valence-electron chi connectivity index (χ0n) is 10.6. The minimum atomic E-state index is -4.62. The summed E-state index contributed by atoms with van der Waals surface area (Å²) in [6.45, 7) is 0.416. The summed E-state index contributed by atoms with van der Waals surface area (Å²) in [7, 11) is 1.79. The van der Waals surface area contributed by atoms with Gasteiger partial charge < -0.3 is 11.1 Å². The third-order valence-electron chi connectivity index (χ3n) is 2.48. The molecule has 0 aliphatic carbocycles. The van der Waals surface area contributed by atoms with Crippen LogP contribution in [-0.4, -0.2) is 26.3 Å². The molecule has 2 aromatic rings. The Morgan fingerprint density at radius 1 is 1.35 bits per heavy atom. The standard InChI is InChI=1S/C11H13F3N6/c1-20-6-7(5-17-20)2-3-16-9-4-8(15)18-10(19-9)11(12,13)14/h4-6H,2-3H2,1H3,(H3,15,16,18,19). The van der Waals surface area contributed by atoms with E-state index in [2.05, 4.69) is 20.4 Å². The first kappa shape index (κ1) is 14.1. The van der Waals surface area contributed by atoms with Crippen LogP contribution < -0.4 is 11.1 Å². The molecular weight excluding hydrogens is 273 g/mol. The second kappa shape index (κ2) is 5.35. The zero-order chi connectivity index (χ0) is 14.8. The molecule has 0 fully saturated rings. The Balaban J connectivity index is 2.00. The number of hydrogen-bond donors (Lipinski definition) is 2. The first-order chi connectivity index (χ1) is 9.34. The van der Waals surface area contributed by atoms with E-state index < -0.39 is 12.0 Å². The predicted octanol–water partition coefficient (Wildman–Crippen LogP) is 1.47. The molecule has 9 heteroatoms. The maximum Gasteiger partial charge on any atom is 0.451 e. The predicted molar refractivity (Wildman–Crippen MR) is 66.8 cm³/mol. The molecule has 6 nitrogen and oxygen atoms in total. The van der Waals surface area contributed by atoms with E-state index in [-0.39, 0.29) is 11.6 Å². The van der Waals surface area contributed by atoms with E-state index in [1.807, 2.05) is 6.20 Å². The van der Waals surface area contributed by atoms with Crippen molar-refractivity contribution in [1.29, 1.82) is 0 Å². The highest BCUT2D eigenvalue weighted by Crippen LogP contribution is 2.27. The zero-order valence-corrected chi connectivity index (χ0v) is 10.6. The quantitative estimate of drug-likeness (QED) is 0.889. The van der Waals surface area contributed by atoms with Gasteiger partial charge in [-0.3, -0.25) is 4.68 Å². The number of nitrogens with one attached hydrogen (secondary N) is 1. The average Bonchev–Trinajstić information content (AvgIpc) is 2.73. The van der Waals surface area contributed by atoms with Crippen LogP contribution >= 0.6 is 0 Å². The Kier molecular flexibility index (Phi) is 3.77. The van der Waals surface area contributed by atoms with Gasteiger partial charge in [0.1, 0.15) is 11.6 Å². The van der Waals surface area contributed by atoms with Crippen LogP contribution in [-0.2, 0) is 19.6 Å². The van der Waals surface area contributed by atoms with Gasteiger partial charge in [0.05, 0.1) is 6.20 Å². The van der Waals surface area contributed by atoms with Crippen molar-refractivity contribution in [3.05, 3.63) is 29.8 Å². The van der Waals surface area contributed by atoms with E-state index in [1.54, 1.807) is 17.9 Å². The molecule has 2 aromatic heterocycles. The van der Waals surface area contributed by atoms with Gasteiger partial charge in [0.15, 0.2) is 0 Å². The molecule has 2 rings (SSSR count). The number of nitrogen functional groups attached to an aromatic ring is 1. The van der Waals surface area contributed by atoms with Crippen molar-refractivity contribution in [3.63, 3.8) is 0 Å². The van der Waals surface area contributed by atoms with Gasteiger partial charge in [-0.1, -0.05) is 0 Å². The van der Waals surface area contributed by atoms with E-state index in [4.69, 9.17) is 5.73 Å². The lowest BCUT2D eigenvalue weighted by molar-refractivity contribution is -0.144. The molecule has 20 heavy (non-hydrogen) atoms. The molecule has 0 amide bonds. The lowest BCUT2D eigenvalue weighted by atomic mass is 10.2. The molecule has 0 spiro atoms. The topological polar surface area (TPSA) is 81.7 Å². The molecule has 3 N–H and O–H groups in total. The van der Waals surface area contributed by atoms with Crippen molar-refractivity contribution in [2.24, 2.45) is 7.05 Å². The van der Waals surface area contributed by atoms with Crippen molar-refractivity contribution in [2.45, 2.75) is 12.6 Å². The van der Waals surface area contributed by atoms with E-state index in [9.17, 15) is 13.2 Å². The summed E-state index contributed by atoms with van der Waals surface area (Å²) in [5, 5.41) is 6.78.